The number of hydrogen-bond acceptors (Lipinski definition) is 5. The Morgan fingerprint density at radius 3 is 2.46 bits per heavy atom. The molecule has 3 aromatic carbocycles. The summed E-state index contributed by atoms with van der Waals surface area (Å²) in [6.45, 7) is 0.122. The zero-order chi connectivity index (χ0) is 25.6. The van der Waals surface area contributed by atoms with Gasteiger partial charge in [0.15, 0.2) is 0 Å². The first-order valence-electron chi connectivity index (χ1n) is 11.8. The Hall–Kier alpha value is -4.79. The molecule has 0 bridgehead atoms. The van der Waals surface area contributed by atoms with Crippen LogP contribution >= 0.6 is 0 Å². The third-order valence-electron chi connectivity index (χ3n) is 5.98. The highest BCUT2D eigenvalue weighted by Gasteiger charge is 2.32. The van der Waals surface area contributed by atoms with Crippen molar-refractivity contribution >= 4 is 22.8 Å². The molecule has 0 aliphatic rings. The van der Waals surface area contributed by atoms with Gasteiger partial charge in [-0.15, -0.1) is 5.10 Å². The van der Waals surface area contributed by atoms with Crippen LogP contribution in [0, 0.1) is 5.82 Å². The van der Waals surface area contributed by atoms with Gasteiger partial charge in [0.25, 0.3) is 0 Å². The minimum atomic E-state index is -0.955. The van der Waals surface area contributed by atoms with Crippen molar-refractivity contribution in [3.63, 3.8) is 0 Å². The second-order valence-electron chi connectivity index (χ2n) is 8.49. The van der Waals surface area contributed by atoms with E-state index in [1.807, 2.05) is 42.5 Å². The van der Waals surface area contributed by atoms with E-state index >= 15 is 0 Å². The van der Waals surface area contributed by atoms with Gasteiger partial charge in [-0.05, 0) is 47.5 Å². The summed E-state index contributed by atoms with van der Waals surface area (Å²) in [4.78, 5) is 28.9. The quantitative estimate of drug-likeness (QED) is 0.329. The van der Waals surface area contributed by atoms with Crippen molar-refractivity contribution in [1.29, 1.82) is 0 Å². The number of amides is 2. The Kier molecular flexibility index (Phi) is 7.02. The summed E-state index contributed by atoms with van der Waals surface area (Å²) in [6, 6.07) is 24.8. The molecule has 0 unspecified atom stereocenters. The van der Waals surface area contributed by atoms with E-state index in [1.54, 1.807) is 36.4 Å². The highest BCUT2D eigenvalue weighted by atomic mass is 19.1. The number of para-hydroxylation sites is 1. The van der Waals surface area contributed by atoms with Crippen molar-refractivity contribution in [3.8, 4) is 0 Å². The van der Waals surface area contributed by atoms with Crippen molar-refractivity contribution in [3.05, 3.63) is 120 Å². The highest BCUT2D eigenvalue weighted by molar-refractivity contribution is 5.89. The number of carbonyl (C=O) groups is 2. The lowest BCUT2D eigenvalue weighted by Gasteiger charge is -2.31. The fourth-order valence-corrected chi connectivity index (χ4v) is 4.16. The number of rotatable bonds is 9. The monoisotopic (exact) mass is 497 g/mol. The average Bonchev–Trinajstić information content (AvgIpc) is 3.59. The topological polar surface area (TPSA) is 93.3 Å². The Morgan fingerprint density at radius 2 is 1.70 bits per heavy atom. The van der Waals surface area contributed by atoms with Gasteiger partial charge in [-0.1, -0.05) is 59.8 Å². The van der Waals surface area contributed by atoms with Crippen LogP contribution in [-0.4, -0.2) is 31.7 Å². The number of nitrogens with one attached hydrogen (secondary N) is 1. The molecule has 1 N–H and O–H groups in total. The summed E-state index contributed by atoms with van der Waals surface area (Å²) in [5, 5.41) is 11.2. The van der Waals surface area contributed by atoms with Crippen LogP contribution in [0.4, 0.5) is 4.39 Å². The molecule has 5 aromatic rings. The smallest absolute Gasteiger partial charge is 0.247 e. The van der Waals surface area contributed by atoms with Crippen molar-refractivity contribution in [1.82, 2.24) is 25.2 Å². The van der Waals surface area contributed by atoms with Crippen molar-refractivity contribution in [2.24, 2.45) is 0 Å². The van der Waals surface area contributed by atoms with E-state index in [-0.39, 0.29) is 37.3 Å². The lowest BCUT2D eigenvalue weighted by atomic mass is 10.0. The van der Waals surface area contributed by atoms with E-state index in [4.69, 9.17) is 4.42 Å². The maximum atomic E-state index is 13.8. The Morgan fingerprint density at radius 1 is 0.946 bits per heavy atom. The van der Waals surface area contributed by atoms with Crippen LogP contribution in [0.15, 0.2) is 102 Å². The van der Waals surface area contributed by atoms with Gasteiger partial charge in [0.2, 0.25) is 11.8 Å². The Labute approximate surface area is 212 Å². The molecule has 0 aliphatic carbocycles. The molecule has 37 heavy (non-hydrogen) atoms. The molecule has 8 nitrogen and oxygen atoms in total. The lowest BCUT2D eigenvalue weighted by Crippen LogP contribution is -2.44. The molecule has 186 valence electrons. The molecule has 0 aliphatic heterocycles. The zero-order valence-corrected chi connectivity index (χ0v) is 19.8. The van der Waals surface area contributed by atoms with E-state index < -0.39 is 6.04 Å². The summed E-state index contributed by atoms with van der Waals surface area (Å²) in [6.07, 6.45) is 1.53. The maximum absolute atomic E-state index is 13.8. The predicted molar refractivity (Wildman–Crippen MR) is 134 cm³/mol. The second kappa shape index (κ2) is 10.9. The number of furan rings is 1. The summed E-state index contributed by atoms with van der Waals surface area (Å²) < 4.78 is 20.5. The van der Waals surface area contributed by atoms with E-state index in [9.17, 15) is 14.0 Å². The van der Waals surface area contributed by atoms with Gasteiger partial charge >= 0.3 is 0 Å². The molecule has 0 fully saturated rings. The summed E-state index contributed by atoms with van der Waals surface area (Å²) >= 11 is 0. The summed E-state index contributed by atoms with van der Waals surface area (Å²) in [5.74, 6) is -0.513. The van der Waals surface area contributed by atoms with Gasteiger partial charge in [-0.2, -0.15) is 0 Å². The van der Waals surface area contributed by atoms with Crippen LogP contribution in [0.5, 0.6) is 0 Å². The third-order valence-corrected chi connectivity index (χ3v) is 5.98. The van der Waals surface area contributed by atoms with Crippen molar-refractivity contribution in [2.45, 2.75) is 25.7 Å². The Balaban J connectivity index is 1.50. The minimum absolute atomic E-state index is 0.0828. The normalized spacial score (nSPS) is 11.8. The summed E-state index contributed by atoms with van der Waals surface area (Å²) in [7, 11) is 0. The van der Waals surface area contributed by atoms with Crippen molar-refractivity contribution in [2.75, 3.05) is 0 Å². The van der Waals surface area contributed by atoms with Crippen LogP contribution in [0.25, 0.3) is 11.0 Å². The molecule has 0 saturated heterocycles. The molecule has 0 radical (unpaired) electrons. The molecular weight excluding hydrogens is 473 g/mol. The van der Waals surface area contributed by atoms with Crippen LogP contribution in [0.2, 0.25) is 0 Å². The van der Waals surface area contributed by atoms with E-state index in [0.29, 0.717) is 27.9 Å². The SMILES string of the molecule is O=C(NCc1ccco1)[C@@H](c1ccccc1)N(Cc1ccc(F)cc1)C(=O)Cn1nnc2ccccc21. The fourth-order valence-electron chi connectivity index (χ4n) is 4.16. The van der Waals surface area contributed by atoms with E-state index in [1.165, 1.54) is 28.0 Å². The van der Waals surface area contributed by atoms with E-state index in [0.717, 1.165) is 0 Å². The molecule has 1 atom stereocenters. The first-order chi connectivity index (χ1) is 18.1. The van der Waals surface area contributed by atoms with Gasteiger partial charge in [0.1, 0.15) is 29.7 Å². The number of hydrogen-bond donors (Lipinski definition) is 1. The molecule has 0 spiro atoms. The maximum Gasteiger partial charge on any atom is 0.247 e. The number of benzene rings is 3. The second-order valence-corrected chi connectivity index (χ2v) is 8.49. The molecular formula is C28H24FN5O3. The van der Waals surface area contributed by atoms with Gasteiger partial charge in [0.05, 0.1) is 18.3 Å². The Bertz CT molecular complexity index is 1480. The number of halogens is 1. The lowest BCUT2D eigenvalue weighted by molar-refractivity contribution is -0.142. The fraction of sp³-hybridized carbons (Fsp3) is 0.143. The largest absolute Gasteiger partial charge is 0.467 e. The third kappa shape index (κ3) is 5.56. The van der Waals surface area contributed by atoms with E-state index in [2.05, 4.69) is 15.6 Å². The first kappa shape index (κ1) is 23.9. The molecule has 2 heterocycles. The molecule has 0 saturated carbocycles. The number of fused-ring (bicyclic) bond motifs is 1. The number of carbonyl (C=O) groups excluding carboxylic acids is 2. The van der Waals surface area contributed by atoms with Crippen LogP contribution in [0.3, 0.4) is 0 Å². The number of aromatic nitrogens is 3. The highest BCUT2D eigenvalue weighted by Crippen LogP contribution is 2.25. The van der Waals surface area contributed by atoms with Crippen LogP contribution in [0.1, 0.15) is 22.9 Å². The summed E-state index contributed by atoms with van der Waals surface area (Å²) in [5.41, 5.74) is 2.68. The predicted octanol–water partition coefficient (Wildman–Crippen LogP) is 4.25. The van der Waals surface area contributed by atoms with Gasteiger partial charge in [-0.3, -0.25) is 9.59 Å². The molecule has 9 heteroatoms. The zero-order valence-electron chi connectivity index (χ0n) is 19.8. The number of nitrogens with zero attached hydrogens (tertiary/aromatic N) is 4. The molecule has 2 aromatic heterocycles. The van der Waals surface area contributed by atoms with Crippen LogP contribution in [-0.2, 0) is 29.2 Å². The first-order valence-corrected chi connectivity index (χ1v) is 11.8. The van der Waals surface area contributed by atoms with Gasteiger partial charge in [0, 0.05) is 6.54 Å². The minimum Gasteiger partial charge on any atom is -0.467 e. The molecule has 5 rings (SSSR count). The van der Waals surface area contributed by atoms with Gasteiger partial charge in [-0.25, -0.2) is 9.07 Å². The average molecular weight is 498 g/mol. The van der Waals surface area contributed by atoms with Crippen LogP contribution < -0.4 is 5.32 Å². The standard InChI is InChI=1S/C28H24FN5O3/c29-22-14-12-20(13-15-22)18-33(26(35)19-34-25-11-5-4-10-24(25)31-32-34)27(21-7-2-1-3-8-21)28(36)30-17-23-9-6-16-37-23/h1-16,27H,17-19H2,(H,30,36)/t27-/m1/s1. The van der Waals surface area contributed by atoms with Crippen molar-refractivity contribution < 1.29 is 18.4 Å². The molecule has 2 amide bonds. The van der Waals surface area contributed by atoms with Gasteiger partial charge < -0.3 is 14.6 Å².